The molecule has 2 amide bonds. The second-order valence-electron chi connectivity index (χ2n) is 4.03. The Labute approximate surface area is 110 Å². The summed E-state index contributed by atoms with van der Waals surface area (Å²) in [7, 11) is 1.80. The summed E-state index contributed by atoms with van der Waals surface area (Å²) in [6.07, 6.45) is 2.34. The van der Waals surface area contributed by atoms with Gasteiger partial charge in [0.2, 0.25) is 0 Å². The average molecular weight is 270 g/mol. The number of nitrogens with zero attached hydrogens (tertiary/aromatic N) is 2. The van der Waals surface area contributed by atoms with E-state index in [2.05, 4.69) is 15.7 Å². The van der Waals surface area contributed by atoms with Crippen molar-refractivity contribution >= 4 is 12.0 Å². The first-order valence-electron chi connectivity index (χ1n) is 5.89. The van der Waals surface area contributed by atoms with Crippen LogP contribution in [0.3, 0.4) is 0 Å². The number of rotatable bonds is 7. The van der Waals surface area contributed by atoms with E-state index in [1.165, 1.54) is 0 Å². The van der Waals surface area contributed by atoms with Crippen LogP contribution in [0, 0.1) is 0 Å². The number of carbonyl (C=O) groups excluding carboxylic acids is 1. The summed E-state index contributed by atoms with van der Waals surface area (Å²) < 4.78 is 1.66. The number of aliphatic hydroxyl groups excluding tert-OH is 1. The summed E-state index contributed by atoms with van der Waals surface area (Å²) >= 11 is 0. The molecule has 1 rings (SSSR count). The number of aliphatic hydroxyl groups is 1. The van der Waals surface area contributed by atoms with Crippen molar-refractivity contribution in [3.8, 4) is 0 Å². The normalized spacial score (nSPS) is 11.9. The Morgan fingerprint density at radius 2 is 2.26 bits per heavy atom. The first kappa shape index (κ1) is 15.0. The lowest BCUT2D eigenvalue weighted by molar-refractivity contribution is -0.139. The molecule has 0 aliphatic rings. The van der Waals surface area contributed by atoms with Gasteiger partial charge in [0.25, 0.3) is 0 Å². The third-order valence-electron chi connectivity index (χ3n) is 2.46. The molecule has 106 valence electrons. The number of aliphatic carboxylic acids is 1. The maximum Gasteiger partial charge on any atom is 0.326 e. The van der Waals surface area contributed by atoms with Gasteiger partial charge in [0.1, 0.15) is 6.04 Å². The predicted molar refractivity (Wildman–Crippen MR) is 66.6 cm³/mol. The van der Waals surface area contributed by atoms with Gasteiger partial charge in [0, 0.05) is 39.2 Å². The molecule has 4 N–H and O–H groups in total. The summed E-state index contributed by atoms with van der Waals surface area (Å²) in [5.41, 5.74) is 0.841. The third kappa shape index (κ3) is 5.38. The fourth-order valence-corrected chi connectivity index (χ4v) is 1.50. The van der Waals surface area contributed by atoms with Gasteiger partial charge in [0.05, 0.1) is 5.69 Å². The van der Waals surface area contributed by atoms with Crippen LogP contribution in [0.2, 0.25) is 0 Å². The van der Waals surface area contributed by atoms with Gasteiger partial charge < -0.3 is 20.8 Å². The molecular formula is C11H18N4O4. The molecule has 0 saturated heterocycles. The topological polar surface area (TPSA) is 116 Å². The second kappa shape index (κ2) is 7.37. The number of carbonyl (C=O) groups is 2. The first-order chi connectivity index (χ1) is 9.02. The van der Waals surface area contributed by atoms with Crippen molar-refractivity contribution in [2.24, 2.45) is 7.05 Å². The Balaban J connectivity index is 2.28. The van der Waals surface area contributed by atoms with Gasteiger partial charge in [-0.2, -0.15) is 5.10 Å². The van der Waals surface area contributed by atoms with Crippen molar-refractivity contribution in [2.45, 2.75) is 18.9 Å². The summed E-state index contributed by atoms with van der Waals surface area (Å²) in [6.45, 7) is 0.0551. The molecule has 0 aromatic carbocycles. The number of aromatic nitrogens is 2. The number of carboxylic acid groups (broad SMARTS) is 1. The highest BCUT2D eigenvalue weighted by Crippen LogP contribution is 1.94. The Hall–Kier alpha value is -2.09. The highest BCUT2D eigenvalue weighted by Gasteiger charge is 2.18. The summed E-state index contributed by atoms with van der Waals surface area (Å²) in [4.78, 5) is 22.2. The van der Waals surface area contributed by atoms with E-state index >= 15 is 0 Å². The molecule has 1 aromatic heterocycles. The van der Waals surface area contributed by atoms with Crippen molar-refractivity contribution in [3.63, 3.8) is 0 Å². The minimum Gasteiger partial charge on any atom is -0.480 e. The van der Waals surface area contributed by atoms with Crippen molar-refractivity contribution in [1.82, 2.24) is 20.4 Å². The van der Waals surface area contributed by atoms with Gasteiger partial charge >= 0.3 is 12.0 Å². The van der Waals surface area contributed by atoms with Crippen LogP contribution in [0.15, 0.2) is 12.3 Å². The van der Waals surface area contributed by atoms with Crippen LogP contribution >= 0.6 is 0 Å². The van der Waals surface area contributed by atoms with Gasteiger partial charge in [0.15, 0.2) is 0 Å². The molecule has 0 bridgehead atoms. The first-order valence-corrected chi connectivity index (χ1v) is 5.89. The second-order valence-corrected chi connectivity index (χ2v) is 4.03. The standard InChI is InChI=1S/C11H18N4O4/c1-15-6-3-8(14-15)2-5-12-11(19)13-9(4-7-16)10(17)18/h3,6,9,16H,2,4-5,7H2,1H3,(H,17,18)(H2,12,13,19)/t9-/m0/s1. The molecule has 1 aromatic rings. The highest BCUT2D eigenvalue weighted by molar-refractivity contribution is 5.82. The lowest BCUT2D eigenvalue weighted by atomic mass is 10.2. The van der Waals surface area contributed by atoms with Crippen molar-refractivity contribution < 1.29 is 19.8 Å². The minimum atomic E-state index is -1.17. The van der Waals surface area contributed by atoms with E-state index < -0.39 is 18.0 Å². The van der Waals surface area contributed by atoms with Crippen molar-refractivity contribution in [1.29, 1.82) is 0 Å². The number of aryl methyl sites for hydroxylation is 1. The maximum atomic E-state index is 11.4. The molecule has 1 heterocycles. The fraction of sp³-hybridized carbons (Fsp3) is 0.545. The number of hydrogen-bond donors (Lipinski definition) is 4. The van der Waals surface area contributed by atoms with Gasteiger partial charge in [-0.15, -0.1) is 0 Å². The van der Waals surface area contributed by atoms with Crippen LogP contribution < -0.4 is 10.6 Å². The van der Waals surface area contributed by atoms with E-state index in [1.807, 2.05) is 6.07 Å². The third-order valence-corrected chi connectivity index (χ3v) is 2.46. The zero-order valence-corrected chi connectivity index (χ0v) is 10.7. The highest BCUT2D eigenvalue weighted by atomic mass is 16.4. The predicted octanol–water partition coefficient (Wildman–Crippen LogP) is -0.903. The van der Waals surface area contributed by atoms with Crippen LogP contribution in [0.1, 0.15) is 12.1 Å². The van der Waals surface area contributed by atoms with Crippen LogP contribution in [0.4, 0.5) is 4.79 Å². The molecule has 0 aliphatic carbocycles. The molecule has 1 atom stereocenters. The summed E-state index contributed by atoms with van der Waals surface area (Å²) in [5.74, 6) is -1.17. The van der Waals surface area contributed by atoms with E-state index in [4.69, 9.17) is 10.2 Å². The van der Waals surface area contributed by atoms with E-state index in [-0.39, 0.29) is 13.0 Å². The van der Waals surface area contributed by atoms with Gasteiger partial charge in [-0.1, -0.05) is 0 Å². The van der Waals surface area contributed by atoms with E-state index in [1.54, 1.807) is 17.9 Å². The smallest absolute Gasteiger partial charge is 0.326 e. The summed E-state index contributed by atoms with van der Waals surface area (Å²) in [6, 6.07) is 0.183. The molecule has 0 aliphatic heterocycles. The SMILES string of the molecule is Cn1ccc(CCNC(=O)N[C@@H](CCO)C(=O)O)n1. The van der Waals surface area contributed by atoms with Crippen molar-refractivity contribution in [3.05, 3.63) is 18.0 Å². The zero-order chi connectivity index (χ0) is 14.3. The average Bonchev–Trinajstić information content (AvgIpc) is 2.74. The Morgan fingerprint density at radius 1 is 1.53 bits per heavy atom. The number of amides is 2. The molecule has 0 saturated carbocycles. The monoisotopic (exact) mass is 270 g/mol. The number of hydrogen-bond acceptors (Lipinski definition) is 4. The molecule has 0 spiro atoms. The molecule has 0 unspecified atom stereocenters. The molecule has 0 radical (unpaired) electrons. The van der Waals surface area contributed by atoms with E-state index in [9.17, 15) is 9.59 Å². The lowest BCUT2D eigenvalue weighted by Crippen LogP contribution is -2.46. The van der Waals surface area contributed by atoms with Crippen LogP contribution in [-0.4, -0.2) is 51.2 Å². The maximum absolute atomic E-state index is 11.4. The van der Waals surface area contributed by atoms with E-state index in [0.29, 0.717) is 13.0 Å². The Kier molecular flexibility index (Phi) is 5.80. The fourth-order valence-electron chi connectivity index (χ4n) is 1.50. The quantitative estimate of drug-likeness (QED) is 0.512. The number of carboxylic acids is 1. The molecule has 0 fully saturated rings. The van der Waals surface area contributed by atoms with Crippen LogP contribution in [-0.2, 0) is 18.3 Å². The summed E-state index contributed by atoms with van der Waals surface area (Å²) in [5, 5.41) is 26.4. The van der Waals surface area contributed by atoms with Gasteiger partial charge in [-0.3, -0.25) is 4.68 Å². The van der Waals surface area contributed by atoms with Crippen LogP contribution in [0.5, 0.6) is 0 Å². The molecular weight excluding hydrogens is 252 g/mol. The van der Waals surface area contributed by atoms with Gasteiger partial charge in [-0.25, -0.2) is 9.59 Å². The largest absolute Gasteiger partial charge is 0.480 e. The van der Waals surface area contributed by atoms with Crippen LogP contribution in [0.25, 0.3) is 0 Å². The Bertz CT molecular complexity index is 432. The molecule has 8 heteroatoms. The molecule has 19 heavy (non-hydrogen) atoms. The minimum absolute atomic E-state index is 0.0248. The number of urea groups is 1. The van der Waals surface area contributed by atoms with Gasteiger partial charge in [-0.05, 0) is 6.07 Å². The molecule has 8 nitrogen and oxygen atoms in total. The van der Waals surface area contributed by atoms with E-state index in [0.717, 1.165) is 5.69 Å². The lowest BCUT2D eigenvalue weighted by Gasteiger charge is -2.13. The Morgan fingerprint density at radius 3 is 2.79 bits per heavy atom. The zero-order valence-electron chi connectivity index (χ0n) is 10.7. The van der Waals surface area contributed by atoms with Crippen molar-refractivity contribution in [2.75, 3.05) is 13.2 Å². The number of nitrogens with one attached hydrogen (secondary N) is 2.